The maximum atomic E-state index is 12.9. The summed E-state index contributed by atoms with van der Waals surface area (Å²) in [6.07, 6.45) is 0. The molecule has 0 bridgehead atoms. The smallest absolute Gasteiger partial charge is 0.239 e. The van der Waals surface area contributed by atoms with Crippen LogP contribution in [0.4, 0.5) is 0 Å². The second-order valence-electron chi connectivity index (χ2n) is 5.65. The molecule has 3 aromatic rings. The van der Waals surface area contributed by atoms with Crippen molar-refractivity contribution in [2.75, 3.05) is 28.4 Å². The summed E-state index contributed by atoms with van der Waals surface area (Å²) in [6, 6.07) is 4.15. The number of benzene rings is 2. The molecule has 0 unspecified atom stereocenters. The van der Waals surface area contributed by atoms with Crippen molar-refractivity contribution in [3.63, 3.8) is 0 Å². The molecule has 9 nitrogen and oxygen atoms in total. The SMILES string of the molecule is COc1cc(-c2oc3c(OC)c(OC)c(O)c(OC)c3c(=O)c2O)ccc1O. The Morgan fingerprint density at radius 2 is 1.46 bits per heavy atom. The van der Waals surface area contributed by atoms with Gasteiger partial charge >= 0.3 is 0 Å². The van der Waals surface area contributed by atoms with Crippen LogP contribution in [-0.4, -0.2) is 43.8 Å². The molecule has 1 heterocycles. The van der Waals surface area contributed by atoms with E-state index in [4.69, 9.17) is 23.4 Å². The van der Waals surface area contributed by atoms with Gasteiger partial charge in [0.25, 0.3) is 0 Å². The predicted octanol–water partition coefficient (Wildman–Crippen LogP) is 2.61. The number of methoxy groups -OCH3 is 4. The Hall–Kier alpha value is -3.75. The highest BCUT2D eigenvalue weighted by Gasteiger charge is 2.28. The van der Waals surface area contributed by atoms with Crippen LogP contribution in [0.15, 0.2) is 27.4 Å². The lowest BCUT2D eigenvalue weighted by Gasteiger charge is -2.16. The van der Waals surface area contributed by atoms with Gasteiger partial charge in [-0.05, 0) is 18.2 Å². The van der Waals surface area contributed by atoms with Crippen LogP contribution in [-0.2, 0) is 0 Å². The molecular weight excluding hydrogens is 372 g/mol. The van der Waals surface area contributed by atoms with E-state index >= 15 is 0 Å². The molecule has 1 aromatic heterocycles. The minimum Gasteiger partial charge on any atom is -0.504 e. The molecule has 0 saturated carbocycles. The van der Waals surface area contributed by atoms with Crippen molar-refractivity contribution < 1.29 is 38.7 Å². The summed E-state index contributed by atoms with van der Waals surface area (Å²) >= 11 is 0. The van der Waals surface area contributed by atoms with Crippen LogP contribution in [0.3, 0.4) is 0 Å². The Bertz CT molecular complexity index is 1120. The second-order valence-corrected chi connectivity index (χ2v) is 5.65. The summed E-state index contributed by atoms with van der Waals surface area (Å²) < 4.78 is 26.4. The lowest BCUT2D eigenvalue weighted by molar-refractivity contribution is 0.316. The van der Waals surface area contributed by atoms with Gasteiger partial charge in [0.15, 0.2) is 28.6 Å². The first-order valence-corrected chi connectivity index (χ1v) is 7.97. The van der Waals surface area contributed by atoms with Crippen LogP contribution in [0.5, 0.6) is 40.2 Å². The van der Waals surface area contributed by atoms with Crippen molar-refractivity contribution in [2.24, 2.45) is 0 Å². The van der Waals surface area contributed by atoms with E-state index in [-0.39, 0.29) is 51.0 Å². The van der Waals surface area contributed by atoms with Crippen molar-refractivity contribution in [1.82, 2.24) is 0 Å². The van der Waals surface area contributed by atoms with Gasteiger partial charge in [0, 0.05) is 5.56 Å². The number of rotatable bonds is 5. The molecule has 0 aliphatic carbocycles. The van der Waals surface area contributed by atoms with Crippen LogP contribution >= 0.6 is 0 Å². The fraction of sp³-hybridized carbons (Fsp3) is 0.211. The third kappa shape index (κ3) is 2.68. The molecule has 9 heteroatoms. The Balaban J connectivity index is 2.48. The lowest BCUT2D eigenvalue weighted by Crippen LogP contribution is -2.07. The third-order valence-corrected chi connectivity index (χ3v) is 4.21. The zero-order chi connectivity index (χ0) is 20.6. The molecule has 0 aliphatic heterocycles. The summed E-state index contributed by atoms with van der Waals surface area (Å²) in [5, 5.41) is 30.4. The zero-order valence-electron chi connectivity index (χ0n) is 15.5. The highest BCUT2D eigenvalue weighted by atomic mass is 16.5. The second kappa shape index (κ2) is 7.10. The van der Waals surface area contributed by atoms with E-state index in [9.17, 15) is 20.1 Å². The topological polar surface area (TPSA) is 128 Å². The molecule has 0 fully saturated rings. The van der Waals surface area contributed by atoms with E-state index in [2.05, 4.69) is 0 Å². The largest absolute Gasteiger partial charge is 0.504 e. The first-order chi connectivity index (χ1) is 13.4. The fourth-order valence-electron chi connectivity index (χ4n) is 2.91. The molecule has 2 aromatic carbocycles. The summed E-state index contributed by atoms with van der Waals surface area (Å²) in [7, 11) is 5.21. The molecule has 0 atom stereocenters. The van der Waals surface area contributed by atoms with Gasteiger partial charge in [-0.3, -0.25) is 4.79 Å². The first kappa shape index (κ1) is 19.0. The number of ether oxygens (including phenoxy) is 4. The summed E-state index contributed by atoms with van der Waals surface area (Å²) in [5.41, 5.74) is -0.686. The number of fused-ring (bicyclic) bond motifs is 1. The van der Waals surface area contributed by atoms with Gasteiger partial charge in [0.05, 0.1) is 28.4 Å². The Kier molecular flexibility index (Phi) is 4.83. The molecule has 3 N–H and O–H groups in total. The summed E-state index contributed by atoms with van der Waals surface area (Å²) in [6.45, 7) is 0. The fourth-order valence-corrected chi connectivity index (χ4v) is 2.91. The van der Waals surface area contributed by atoms with Gasteiger partial charge in [-0.25, -0.2) is 0 Å². The number of aromatic hydroxyl groups is 3. The number of phenols is 2. The Morgan fingerprint density at radius 1 is 0.821 bits per heavy atom. The predicted molar refractivity (Wildman–Crippen MR) is 99.1 cm³/mol. The van der Waals surface area contributed by atoms with Gasteiger partial charge in [-0.2, -0.15) is 0 Å². The first-order valence-electron chi connectivity index (χ1n) is 7.97. The highest BCUT2D eigenvalue weighted by Crippen LogP contribution is 2.50. The van der Waals surface area contributed by atoms with Crippen LogP contribution in [0.25, 0.3) is 22.3 Å². The quantitative estimate of drug-likeness (QED) is 0.602. The maximum Gasteiger partial charge on any atom is 0.239 e. The normalized spacial score (nSPS) is 10.7. The van der Waals surface area contributed by atoms with Crippen molar-refractivity contribution in [2.45, 2.75) is 0 Å². The summed E-state index contributed by atoms with van der Waals surface area (Å²) in [5.74, 6) is -1.78. The molecule has 28 heavy (non-hydrogen) atoms. The molecule has 0 aliphatic rings. The zero-order valence-corrected chi connectivity index (χ0v) is 15.5. The number of hydrogen-bond acceptors (Lipinski definition) is 9. The minimum atomic E-state index is -0.851. The van der Waals surface area contributed by atoms with E-state index in [1.54, 1.807) is 0 Å². The maximum absolute atomic E-state index is 12.9. The van der Waals surface area contributed by atoms with Gasteiger partial charge < -0.3 is 38.7 Å². The van der Waals surface area contributed by atoms with Crippen LogP contribution in [0, 0.1) is 0 Å². The van der Waals surface area contributed by atoms with Gasteiger partial charge in [0.2, 0.25) is 28.4 Å². The molecule has 0 spiro atoms. The van der Waals surface area contributed by atoms with Crippen molar-refractivity contribution in [1.29, 1.82) is 0 Å². The average molecular weight is 390 g/mol. The van der Waals surface area contributed by atoms with E-state index in [0.29, 0.717) is 0 Å². The van der Waals surface area contributed by atoms with Crippen LogP contribution in [0.2, 0.25) is 0 Å². The van der Waals surface area contributed by atoms with E-state index in [1.807, 2.05) is 0 Å². The number of phenolic OH excluding ortho intramolecular Hbond substituents is 2. The van der Waals surface area contributed by atoms with E-state index in [0.717, 1.165) is 0 Å². The Morgan fingerprint density at radius 3 is 2.04 bits per heavy atom. The van der Waals surface area contributed by atoms with Crippen molar-refractivity contribution in [3.8, 4) is 51.6 Å². The Labute approximate surface area is 158 Å². The average Bonchev–Trinajstić information content (AvgIpc) is 2.70. The lowest BCUT2D eigenvalue weighted by atomic mass is 10.1. The highest BCUT2D eigenvalue weighted by molar-refractivity contribution is 5.96. The van der Waals surface area contributed by atoms with Gasteiger partial charge in [-0.15, -0.1) is 0 Å². The number of hydrogen-bond donors (Lipinski definition) is 3. The molecule has 0 amide bonds. The molecule has 148 valence electrons. The third-order valence-electron chi connectivity index (χ3n) is 4.21. The van der Waals surface area contributed by atoms with Crippen LogP contribution in [0.1, 0.15) is 0 Å². The minimum absolute atomic E-state index is 0.0557. The van der Waals surface area contributed by atoms with Crippen molar-refractivity contribution >= 4 is 11.0 Å². The molecular formula is C19H18O9. The standard InChI is InChI=1S/C19H18O9/c1-24-10-7-8(5-6-9(10)20)15-13(22)12(21)11-16(25-2)14(23)18(26-3)19(27-4)17(11)28-15/h5-7,20,22-23H,1-4H3. The van der Waals surface area contributed by atoms with E-state index in [1.165, 1.54) is 46.6 Å². The van der Waals surface area contributed by atoms with Gasteiger partial charge in [-0.1, -0.05) is 0 Å². The van der Waals surface area contributed by atoms with Gasteiger partial charge in [0.1, 0.15) is 5.39 Å². The monoisotopic (exact) mass is 390 g/mol. The molecule has 3 rings (SSSR count). The summed E-state index contributed by atoms with van der Waals surface area (Å²) in [4.78, 5) is 12.9. The van der Waals surface area contributed by atoms with E-state index < -0.39 is 16.9 Å². The molecule has 0 saturated heterocycles. The van der Waals surface area contributed by atoms with Crippen molar-refractivity contribution in [3.05, 3.63) is 28.4 Å². The van der Waals surface area contributed by atoms with Crippen LogP contribution < -0.4 is 24.4 Å². The molecule has 0 radical (unpaired) electrons.